The van der Waals surface area contributed by atoms with Crippen molar-refractivity contribution in [2.24, 2.45) is 0 Å². The molecule has 2 aliphatic rings. The van der Waals surface area contributed by atoms with Crippen LogP contribution in [0.1, 0.15) is 29.8 Å². The SMILES string of the molecule is CC(O)c1ccc2cc3c(cc2n1)C[C@@]1(C3)C(=O)NC(=O)N1C. The maximum atomic E-state index is 12.3. The molecule has 1 aromatic carbocycles. The predicted octanol–water partition coefficient (Wildman–Crippen LogP) is 1.31. The second-order valence-electron chi connectivity index (χ2n) is 6.43. The molecule has 2 heterocycles. The molecule has 1 saturated heterocycles. The zero-order chi connectivity index (χ0) is 16.4. The number of hydrogen-bond acceptors (Lipinski definition) is 4. The van der Waals surface area contributed by atoms with Crippen LogP contribution in [0.4, 0.5) is 4.79 Å². The third-order valence-corrected chi connectivity index (χ3v) is 5.02. The molecule has 0 saturated carbocycles. The van der Waals surface area contributed by atoms with Gasteiger partial charge in [-0.3, -0.25) is 15.1 Å². The average Bonchev–Trinajstić information content (AvgIpc) is 2.98. The second kappa shape index (κ2) is 4.52. The first-order chi connectivity index (χ1) is 10.9. The maximum absolute atomic E-state index is 12.3. The highest BCUT2D eigenvalue weighted by Crippen LogP contribution is 2.38. The minimum Gasteiger partial charge on any atom is -0.387 e. The number of benzene rings is 1. The van der Waals surface area contributed by atoms with Crippen molar-refractivity contribution in [3.8, 4) is 0 Å². The van der Waals surface area contributed by atoms with Crippen LogP contribution in [0.15, 0.2) is 24.3 Å². The molecule has 6 heteroatoms. The van der Waals surface area contributed by atoms with Gasteiger partial charge in [0.25, 0.3) is 5.91 Å². The van der Waals surface area contributed by atoms with Crippen LogP contribution in [0, 0.1) is 0 Å². The molecule has 3 amide bonds. The lowest BCUT2D eigenvalue weighted by Crippen LogP contribution is -2.48. The number of pyridine rings is 1. The number of aromatic nitrogens is 1. The summed E-state index contributed by atoms with van der Waals surface area (Å²) in [7, 11) is 1.66. The van der Waals surface area contributed by atoms with Crippen molar-refractivity contribution in [3.05, 3.63) is 41.1 Å². The first-order valence-electron chi connectivity index (χ1n) is 7.60. The largest absolute Gasteiger partial charge is 0.387 e. The molecule has 0 radical (unpaired) electrons. The number of carbonyl (C=O) groups is 2. The molecule has 0 bridgehead atoms. The number of fused-ring (bicyclic) bond motifs is 2. The molecule has 1 spiro atoms. The molecule has 118 valence electrons. The van der Waals surface area contributed by atoms with Crippen LogP contribution in [0.2, 0.25) is 0 Å². The average molecular weight is 311 g/mol. The Morgan fingerprint density at radius 3 is 2.57 bits per heavy atom. The third-order valence-electron chi connectivity index (χ3n) is 5.02. The molecule has 2 aromatic rings. The molecule has 1 aromatic heterocycles. The van der Waals surface area contributed by atoms with Gasteiger partial charge in [0.2, 0.25) is 0 Å². The van der Waals surface area contributed by atoms with Gasteiger partial charge in [-0.05, 0) is 36.2 Å². The van der Waals surface area contributed by atoms with Crippen LogP contribution in [0.3, 0.4) is 0 Å². The lowest BCUT2D eigenvalue weighted by Gasteiger charge is -2.27. The van der Waals surface area contributed by atoms with Crippen molar-refractivity contribution in [2.45, 2.75) is 31.4 Å². The van der Waals surface area contributed by atoms with Gasteiger partial charge in [-0.25, -0.2) is 4.79 Å². The number of likely N-dealkylation sites (N-methyl/N-ethyl adjacent to an activating group) is 1. The van der Waals surface area contributed by atoms with E-state index in [1.807, 2.05) is 24.3 Å². The smallest absolute Gasteiger partial charge is 0.324 e. The normalized spacial score (nSPS) is 24.4. The monoisotopic (exact) mass is 311 g/mol. The number of aliphatic hydroxyl groups excluding tert-OH is 1. The number of hydrogen-bond donors (Lipinski definition) is 2. The van der Waals surface area contributed by atoms with Crippen LogP contribution >= 0.6 is 0 Å². The topological polar surface area (TPSA) is 82.5 Å². The summed E-state index contributed by atoms with van der Waals surface area (Å²) in [5.74, 6) is -0.233. The minimum absolute atomic E-state index is 0.233. The standard InChI is InChI=1S/C17H17N3O3/c1-9(21)13-4-3-10-5-11-7-17(8-12(11)6-14(10)18-13)15(22)19-16(23)20(17)2/h3-6,9,21H,7-8H2,1-2H3,(H,19,22,23)/t9?,17-/m0/s1. The molecule has 6 nitrogen and oxygen atoms in total. The number of amides is 3. The van der Waals surface area contributed by atoms with E-state index in [9.17, 15) is 14.7 Å². The molecule has 2 atom stereocenters. The van der Waals surface area contributed by atoms with E-state index in [0.29, 0.717) is 18.5 Å². The van der Waals surface area contributed by atoms with E-state index in [-0.39, 0.29) is 11.9 Å². The summed E-state index contributed by atoms with van der Waals surface area (Å²) >= 11 is 0. The van der Waals surface area contributed by atoms with Gasteiger partial charge in [-0.2, -0.15) is 0 Å². The Balaban J connectivity index is 1.81. The molecule has 23 heavy (non-hydrogen) atoms. The minimum atomic E-state index is -0.816. The van der Waals surface area contributed by atoms with Crippen LogP contribution in [-0.4, -0.2) is 39.5 Å². The van der Waals surface area contributed by atoms with Crippen molar-refractivity contribution in [2.75, 3.05) is 7.05 Å². The van der Waals surface area contributed by atoms with Gasteiger partial charge in [0.15, 0.2) is 0 Å². The summed E-state index contributed by atoms with van der Waals surface area (Å²) in [6.07, 6.45) is 0.389. The Kier molecular flexibility index (Phi) is 2.78. The fourth-order valence-corrected chi connectivity index (χ4v) is 3.57. The molecule has 1 fully saturated rings. The van der Waals surface area contributed by atoms with Gasteiger partial charge in [0.1, 0.15) is 5.54 Å². The summed E-state index contributed by atoms with van der Waals surface area (Å²) in [4.78, 5) is 30.1. The highest BCUT2D eigenvalue weighted by molar-refractivity contribution is 6.07. The van der Waals surface area contributed by atoms with Crippen LogP contribution in [0.25, 0.3) is 10.9 Å². The van der Waals surface area contributed by atoms with E-state index in [0.717, 1.165) is 22.0 Å². The second-order valence-corrected chi connectivity index (χ2v) is 6.43. The van der Waals surface area contributed by atoms with Crippen molar-refractivity contribution in [1.29, 1.82) is 0 Å². The highest BCUT2D eigenvalue weighted by atomic mass is 16.3. The molecule has 1 unspecified atom stereocenters. The number of urea groups is 1. The van der Waals surface area contributed by atoms with E-state index in [1.165, 1.54) is 4.90 Å². The number of imide groups is 1. The number of aliphatic hydroxyl groups is 1. The first kappa shape index (κ1) is 14.1. The zero-order valence-electron chi connectivity index (χ0n) is 13.0. The third kappa shape index (κ3) is 1.88. The Morgan fingerprint density at radius 2 is 1.96 bits per heavy atom. The first-order valence-corrected chi connectivity index (χ1v) is 7.60. The van der Waals surface area contributed by atoms with Crippen molar-refractivity contribution >= 4 is 22.8 Å². The number of nitrogens with one attached hydrogen (secondary N) is 1. The zero-order valence-corrected chi connectivity index (χ0v) is 13.0. The molecular formula is C17H17N3O3. The van der Waals surface area contributed by atoms with Crippen molar-refractivity contribution < 1.29 is 14.7 Å². The van der Waals surface area contributed by atoms with Crippen LogP contribution in [-0.2, 0) is 17.6 Å². The Hall–Kier alpha value is -2.47. The fraction of sp³-hybridized carbons (Fsp3) is 0.353. The van der Waals surface area contributed by atoms with E-state index in [1.54, 1.807) is 14.0 Å². The van der Waals surface area contributed by atoms with E-state index in [2.05, 4.69) is 10.3 Å². The van der Waals surface area contributed by atoms with Crippen molar-refractivity contribution in [3.63, 3.8) is 0 Å². The summed E-state index contributed by atoms with van der Waals surface area (Å²) in [5, 5.41) is 13.1. The summed E-state index contributed by atoms with van der Waals surface area (Å²) in [5.41, 5.74) is 2.71. The van der Waals surface area contributed by atoms with Gasteiger partial charge < -0.3 is 10.0 Å². The van der Waals surface area contributed by atoms with Crippen LogP contribution < -0.4 is 5.32 Å². The van der Waals surface area contributed by atoms with Crippen LogP contribution in [0.5, 0.6) is 0 Å². The highest BCUT2D eigenvalue weighted by Gasteiger charge is 2.54. The lowest BCUT2D eigenvalue weighted by atomic mass is 9.95. The fourth-order valence-electron chi connectivity index (χ4n) is 3.57. The van der Waals surface area contributed by atoms with E-state index >= 15 is 0 Å². The van der Waals surface area contributed by atoms with Gasteiger partial charge in [-0.1, -0.05) is 6.07 Å². The number of rotatable bonds is 1. The Labute approximate surface area is 133 Å². The predicted molar refractivity (Wildman–Crippen MR) is 83.8 cm³/mol. The molecule has 2 N–H and O–H groups in total. The Morgan fingerprint density at radius 1 is 1.26 bits per heavy atom. The van der Waals surface area contributed by atoms with Gasteiger partial charge in [0.05, 0.1) is 17.3 Å². The van der Waals surface area contributed by atoms with Gasteiger partial charge >= 0.3 is 6.03 Å². The quantitative estimate of drug-likeness (QED) is 0.778. The summed E-state index contributed by atoms with van der Waals surface area (Å²) in [6.45, 7) is 1.68. The molecular weight excluding hydrogens is 294 g/mol. The molecule has 1 aliphatic heterocycles. The lowest BCUT2D eigenvalue weighted by molar-refractivity contribution is -0.125. The number of nitrogens with zero attached hydrogens (tertiary/aromatic N) is 2. The Bertz CT molecular complexity index is 862. The van der Waals surface area contributed by atoms with E-state index in [4.69, 9.17) is 0 Å². The summed E-state index contributed by atoms with van der Waals surface area (Å²) < 4.78 is 0. The van der Waals surface area contributed by atoms with E-state index < -0.39 is 11.6 Å². The van der Waals surface area contributed by atoms with Crippen molar-refractivity contribution in [1.82, 2.24) is 15.2 Å². The maximum Gasteiger partial charge on any atom is 0.324 e. The molecule has 4 rings (SSSR count). The number of carbonyl (C=O) groups excluding carboxylic acids is 2. The van der Waals surface area contributed by atoms with Gasteiger partial charge in [-0.15, -0.1) is 0 Å². The van der Waals surface area contributed by atoms with Gasteiger partial charge in [0, 0.05) is 25.3 Å². The summed E-state index contributed by atoms with van der Waals surface area (Å²) in [6, 6.07) is 7.39. The molecule has 1 aliphatic carbocycles.